The van der Waals surface area contributed by atoms with E-state index < -0.39 is 5.92 Å². The second kappa shape index (κ2) is 8.34. The zero-order valence-corrected chi connectivity index (χ0v) is 22.2. The van der Waals surface area contributed by atoms with Crippen molar-refractivity contribution in [2.24, 2.45) is 4.99 Å². The zero-order chi connectivity index (χ0) is 27.9. The average molecular weight is 544 g/mol. The third kappa shape index (κ3) is 2.99. The van der Waals surface area contributed by atoms with Crippen LogP contribution in [0, 0.1) is 0 Å². The first-order chi connectivity index (χ1) is 20.7. The number of rotatable bonds is 2. The summed E-state index contributed by atoms with van der Waals surface area (Å²) < 4.78 is 3.71. The monoisotopic (exact) mass is 543 g/mol. The number of hydrogen-bond donors (Lipinski definition) is 0. The number of fused-ring (bicyclic) bond motifs is 8. The summed E-state index contributed by atoms with van der Waals surface area (Å²) in [6.45, 7) is 0. The highest BCUT2D eigenvalue weighted by molar-refractivity contribution is 6.30. The van der Waals surface area contributed by atoms with Gasteiger partial charge in [0.25, 0.3) is 5.56 Å². The summed E-state index contributed by atoms with van der Waals surface area (Å²) in [6, 6.07) is 38.9. The standard InChI is InChI=1S/C35H21N5O2/c41-32-23-12-1-4-15-26(23)36-33-31(32)25-14-3-6-17-28(25)38(33)21-10-9-11-22(20-21)39-29-18-7-8-19-30(29)40-34(42)24-13-2-5-16-27(24)37-35(39)40/h1-20,31H. The fourth-order valence-electron chi connectivity index (χ4n) is 6.49. The number of carbonyl (C=O) groups is 1. The molecule has 0 radical (unpaired) electrons. The van der Waals surface area contributed by atoms with Gasteiger partial charge in [-0.3, -0.25) is 19.1 Å². The first-order valence-electron chi connectivity index (χ1n) is 13.8. The normalized spacial score (nSPS) is 15.6. The summed E-state index contributed by atoms with van der Waals surface area (Å²) >= 11 is 0. The molecule has 0 bridgehead atoms. The first kappa shape index (κ1) is 22.9. The quantitative estimate of drug-likeness (QED) is 0.237. The topological polar surface area (TPSA) is 72.0 Å². The van der Waals surface area contributed by atoms with Crippen LogP contribution in [0.4, 0.5) is 17.1 Å². The van der Waals surface area contributed by atoms with E-state index in [2.05, 4.69) is 11.0 Å². The molecule has 0 fully saturated rings. The summed E-state index contributed by atoms with van der Waals surface area (Å²) in [5.41, 5.74) is 7.11. The number of nitrogens with zero attached hydrogens (tertiary/aromatic N) is 5. The molecule has 0 N–H and O–H groups in total. The SMILES string of the molecule is O=C1c2ccccc2N=C2C1c1ccccc1N2c1cccc(-n2c3ccccc3n3c(=O)c4ccccc4nc23)c1. The van der Waals surface area contributed by atoms with Gasteiger partial charge in [-0.15, -0.1) is 0 Å². The molecule has 2 aliphatic heterocycles. The maximum Gasteiger partial charge on any atom is 0.267 e. The molecule has 7 heteroatoms. The summed E-state index contributed by atoms with van der Waals surface area (Å²) in [7, 11) is 0. The zero-order valence-electron chi connectivity index (χ0n) is 22.2. The minimum absolute atomic E-state index is 0.0551. The van der Waals surface area contributed by atoms with Gasteiger partial charge < -0.3 is 0 Å². The van der Waals surface area contributed by atoms with Crippen LogP contribution in [0.3, 0.4) is 0 Å². The van der Waals surface area contributed by atoms with E-state index in [-0.39, 0.29) is 11.3 Å². The van der Waals surface area contributed by atoms with E-state index in [0.717, 1.165) is 33.7 Å². The number of anilines is 2. The Balaban J connectivity index is 1.30. The van der Waals surface area contributed by atoms with E-state index in [1.165, 1.54) is 0 Å². The Kier molecular flexibility index (Phi) is 4.56. The molecule has 5 aromatic carbocycles. The lowest BCUT2D eigenvalue weighted by atomic mass is 9.88. The molecular formula is C35H21N5O2. The number of aromatic nitrogens is 3. The molecule has 4 heterocycles. The molecule has 42 heavy (non-hydrogen) atoms. The van der Waals surface area contributed by atoms with Crippen molar-refractivity contribution in [2.75, 3.05) is 4.90 Å². The summed E-state index contributed by atoms with van der Waals surface area (Å²) in [5.74, 6) is 0.814. The highest BCUT2D eigenvalue weighted by atomic mass is 16.1. The molecule has 0 saturated heterocycles. The lowest BCUT2D eigenvalue weighted by Gasteiger charge is -2.25. The van der Waals surface area contributed by atoms with Gasteiger partial charge in [0.2, 0.25) is 5.78 Å². The van der Waals surface area contributed by atoms with Gasteiger partial charge in [0.1, 0.15) is 11.8 Å². The molecule has 198 valence electrons. The number of benzene rings is 5. The van der Waals surface area contributed by atoms with E-state index in [1.807, 2.05) is 120 Å². The van der Waals surface area contributed by atoms with Gasteiger partial charge in [0, 0.05) is 11.3 Å². The largest absolute Gasteiger partial charge is 0.297 e. The Hall–Kier alpha value is -5.82. The van der Waals surface area contributed by atoms with Gasteiger partial charge in [-0.2, -0.15) is 0 Å². The van der Waals surface area contributed by atoms with Crippen LogP contribution >= 0.6 is 0 Å². The van der Waals surface area contributed by atoms with Crippen LogP contribution in [0.2, 0.25) is 0 Å². The van der Waals surface area contributed by atoms with Crippen LogP contribution in [0.15, 0.2) is 131 Å². The lowest BCUT2D eigenvalue weighted by molar-refractivity contribution is 0.0982. The van der Waals surface area contributed by atoms with E-state index in [9.17, 15) is 9.59 Å². The maximum absolute atomic E-state index is 13.8. The summed E-state index contributed by atoms with van der Waals surface area (Å²) in [5, 5.41) is 0.576. The van der Waals surface area contributed by atoms with Gasteiger partial charge in [0.15, 0.2) is 5.78 Å². The number of imidazole rings is 1. The van der Waals surface area contributed by atoms with E-state index in [4.69, 9.17) is 9.98 Å². The van der Waals surface area contributed by atoms with E-state index in [0.29, 0.717) is 33.8 Å². The van der Waals surface area contributed by atoms with Crippen molar-refractivity contribution >= 4 is 56.4 Å². The second-order valence-electron chi connectivity index (χ2n) is 10.6. The lowest BCUT2D eigenvalue weighted by Crippen LogP contribution is -2.30. The first-order valence-corrected chi connectivity index (χ1v) is 13.8. The Morgan fingerprint density at radius 1 is 0.667 bits per heavy atom. The van der Waals surface area contributed by atoms with Crippen LogP contribution in [0.5, 0.6) is 0 Å². The van der Waals surface area contributed by atoms with Gasteiger partial charge in [-0.1, -0.05) is 60.7 Å². The predicted octanol–water partition coefficient (Wildman–Crippen LogP) is 6.95. The molecular weight excluding hydrogens is 522 g/mol. The average Bonchev–Trinajstić information content (AvgIpc) is 3.54. The molecule has 1 atom stereocenters. The Labute approximate surface area is 239 Å². The number of Topliss-reactive ketones (excluding diaryl/α,β-unsaturated/α-hetero) is 1. The molecule has 7 nitrogen and oxygen atoms in total. The second-order valence-corrected chi connectivity index (χ2v) is 10.6. The van der Waals surface area contributed by atoms with Crippen molar-refractivity contribution in [3.05, 3.63) is 143 Å². The molecule has 9 rings (SSSR count). The maximum atomic E-state index is 13.8. The molecule has 2 aliphatic rings. The number of hydrogen-bond acceptors (Lipinski definition) is 5. The number of amidine groups is 1. The van der Waals surface area contributed by atoms with Crippen LogP contribution in [0.25, 0.3) is 33.4 Å². The van der Waals surface area contributed by atoms with Crippen LogP contribution in [-0.4, -0.2) is 25.6 Å². The highest BCUT2D eigenvalue weighted by Crippen LogP contribution is 2.48. The van der Waals surface area contributed by atoms with Crippen molar-refractivity contribution < 1.29 is 4.79 Å². The molecule has 1 unspecified atom stereocenters. The number of ketones is 1. The Morgan fingerprint density at radius 3 is 2.33 bits per heavy atom. The van der Waals surface area contributed by atoms with Crippen molar-refractivity contribution in [2.45, 2.75) is 5.92 Å². The third-order valence-corrected chi connectivity index (χ3v) is 8.31. The molecule has 0 saturated carbocycles. The molecule has 0 amide bonds. The molecule has 0 spiro atoms. The van der Waals surface area contributed by atoms with Gasteiger partial charge in [-0.05, 0) is 66.2 Å². The predicted molar refractivity (Wildman–Crippen MR) is 165 cm³/mol. The van der Waals surface area contributed by atoms with Crippen molar-refractivity contribution in [1.82, 2.24) is 14.0 Å². The number of aliphatic imine (C=N–C) groups is 1. The van der Waals surface area contributed by atoms with E-state index in [1.54, 1.807) is 4.40 Å². The summed E-state index contributed by atoms with van der Waals surface area (Å²) in [4.78, 5) is 39.5. The molecule has 2 aromatic heterocycles. The van der Waals surface area contributed by atoms with Crippen LogP contribution in [-0.2, 0) is 0 Å². The van der Waals surface area contributed by atoms with Crippen molar-refractivity contribution in [3.63, 3.8) is 0 Å². The highest BCUT2D eigenvalue weighted by Gasteiger charge is 2.43. The summed E-state index contributed by atoms with van der Waals surface area (Å²) in [6.07, 6.45) is 0. The fourth-order valence-corrected chi connectivity index (χ4v) is 6.49. The smallest absolute Gasteiger partial charge is 0.267 e. The van der Waals surface area contributed by atoms with Crippen molar-refractivity contribution in [1.29, 1.82) is 0 Å². The van der Waals surface area contributed by atoms with E-state index >= 15 is 0 Å². The minimum Gasteiger partial charge on any atom is -0.297 e. The number of carbonyl (C=O) groups excluding carboxylic acids is 1. The van der Waals surface area contributed by atoms with Gasteiger partial charge in [-0.25, -0.2) is 14.4 Å². The fraction of sp³-hybridized carbons (Fsp3) is 0.0286. The Bertz CT molecular complexity index is 2380. The molecule has 0 aliphatic carbocycles. The Morgan fingerprint density at radius 2 is 1.40 bits per heavy atom. The minimum atomic E-state index is -0.473. The van der Waals surface area contributed by atoms with Gasteiger partial charge >= 0.3 is 0 Å². The van der Waals surface area contributed by atoms with Crippen molar-refractivity contribution in [3.8, 4) is 5.69 Å². The van der Waals surface area contributed by atoms with Crippen LogP contribution < -0.4 is 10.5 Å². The molecule has 7 aromatic rings. The van der Waals surface area contributed by atoms with Crippen LogP contribution in [0.1, 0.15) is 21.8 Å². The van der Waals surface area contributed by atoms with Gasteiger partial charge in [0.05, 0.1) is 39.0 Å². The third-order valence-electron chi connectivity index (χ3n) is 8.31. The number of para-hydroxylation sites is 5.